The molecule has 1 aromatic carbocycles. The summed E-state index contributed by atoms with van der Waals surface area (Å²) < 4.78 is 68.9. The van der Waals surface area contributed by atoms with Crippen molar-refractivity contribution in [2.75, 3.05) is 49.7 Å². The molecule has 2 aromatic heterocycles. The van der Waals surface area contributed by atoms with Gasteiger partial charge in [0, 0.05) is 49.9 Å². The van der Waals surface area contributed by atoms with Gasteiger partial charge in [0.2, 0.25) is 5.95 Å². The maximum absolute atomic E-state index is 13.2. The maximum Gasteiger partial charge on any atom is 0.573 e. The van der Waals surface area contributed by atoms with Crippen molar-refractivity contribution in [1.29, 1.82) is 0 Å². The molecule has 208 valence electrons. The number of piperazine rings is 1. The van der Waals surface area contributed by atoms with E-state index in [-0.39, 0.29) is 32.0 Å². The summed E-state index contributed by atoms with van der Waals surface area (Å²) in [5.41, 5.74) is 7.90. The molecule has 1 amide bonds. The molecule has 0 radical (unpaired) electrons. The van der Waals surface area contributed by atoms with Gasteiger partial charge >= 0.3 is 6.36 Å². The van der Waals surface area contributed by atoms with E-state index in [1.165, 1.54) is 12.3 Å². The molecule has 1 aliphatic carbocycles. The van der Waals surface area contributed by atoms with Crippen molar-refractivity contribution in [3.63, 3.8) is 0 Å². The number of alkyl halides is 3. The number of ether oxygens (including phenoxy) is 1. The molecule has 0 atom stereocenters. The maximum atomic E-state index is 13.2. The molecule has 3 heterocycles. The lowest BCUT2D eigenvalue weighted by molar-refractivity contribution is -0.274. The molecule has 15 heteroatoms. The fourth-order valence-electron chi connectivity index (χ4n) is 4.72. The second-order valence-corrected chi connectivity index (χ2v) is 12.7. The van der Waals surface area contributed by atoms with E-state index < -0.39 is 27.9 Å². The standard InChI is InChI=1S/C24H25F3N6O4S2/c1-32-7-9-33(10-8-32)14-4-6-17(37-24(25,26)27)16(11-14)30-23-29-12-13-3-5-15-18(19(13)31-23)22(39(2,35)36)38-20(15)21(28)34/h4,6,11-12H,3,5,7-10H2,1-2H3,(H2,28,34)(H,29,30,31). The van der Waals surface area contributed by atoms with Crippen molar-refractivity contribution in [3.8, 4) is 17.0 Å². The molecule has 5 rings (SSSR count). The van der Waals surface area contributed by atoms with Gasteiger partial charge in [-0.2, -0.15) is 0 Å². The molecular formula is C24H25F3N6O4S2. The number of fused-ring (bicyclic) bond motifs is 3. The van der Waals surface area contributed by atoms with E-state index in [0.717, 1.165) is 30.7 Å². The van der Waals surface area contributed by atoms with Crippen LogP contribution >= 0.6 is 11.3 Å². The summed E-state index contributed by atoms with van der Waals surface area (Å²) in [7, 11) is -1.75. The van der Waals surface area contributed by atoms with Gasteiger partial charge in [-0.1, -0.05) is 0 Å². The van der Waals surface area contributed by atoms with E-state index in [1.54, 1.807) is 12.1 Å². The Morgan fingerprint density at radius 1 is 1.18 bits per heavy atom. The average molecular weight is 583 g/mol. The molecule has 0 unspecified atom stereocenters. The van der Waals surface area contributed by atoms with Crippen LogP contribution in [0.3, 0.4) is 0 Å². The zero-order chi connectivity index (χ0) is 28.1. The lowest BCUT2D eigenvalue weighted by atomic mass is 9.91. The van der Waals surface area contributed by atoms with Gasteiger partial charge in [0.1, 0.15) is 4.21 Å². The lowest BCUT2D eigenvalue weighted by Crippen LogP contribution is -2.44. The molecule has 2 aliphatic rings. The SMILES string of the molecule is CN1CCN(c2ccc(OC(F)(F)F)c(Nc3ncc4c(n3)-c3c(S(C)(=O)=O)sc(C(N)=O)c3CC4)c2)CC1. The van der Waals surface area contributed by atoms with Crippen molar-refractivity contribution in [3.05, 3.63) is 40.4 Å². The van der Waals surface area contributed by atoms with Crippen LogP contribution in [0.2, 0.25) is 0 Å². The van der Waals surface area contributed by atoms with Crippen LogP contribution in [0.25, 0.3) is 11.3 Å². The van der Waals surface area contributed by atoms with Gasteiger partial charge in [-0.25, -0.2) is 18.4 Å². The van der Waals surface area contributed by atoms with Crippen LogP contribution in [0.1, 0.15) is 20.8 Å². The van der Waals surface area contributed by atoms with Gasteiger partial charge in [-0.15, -0.1) is 24.5 Å². The van der Waals surface area contributed by atoms with Gasteiger partial charge in [0.05, 0.1) is 16.3 Å². The third-order valence-corrected chi connectivity index (χ3v) is 9.66. The number of hydrogen-bond donors (Lipinski definition) is 2. The minimum absolute atomic E-state index is 0.00813. The lowest BCUT2D eigenvalue weighted by Gasteiger charge is -2.34. The number of likely N-dealkylation sites (N-methyl/N-ethyl adjacent to an activating group) is 1. The van der Waals surface area contributed by atoms with E-state index in [2.05, 4.69) is 29.8 Å². The van der Waals surface area contributed by atoms with Crippen molar-refractivity contribution < 1.29 is 31.1 Å². The highest BCUT2D eigenvalue weighted by Crippen LogP contribution is 2.44. The van der Waals surface area contributed by atoms with Crippen molar-refractivity contribution in [1.82, 2.24) is 14.9 Å². The fraction of sp³-hybridized carbons (Fsp3) is 0.375. The highest BCUT2D eigenvalue weighted by Gasteiger charge is 2.34. The predicted octanol–water partition coefficient (Wildman–Crippen LogP) is 3.20. The van der Waals surface area contributed by atoms with Crippen molar-refractivity contribution >= 4 is 44.4 Å². The number of nitrogens with two attached hydrogens (primary N) is 1. The second-order valence-electron chi connectivity index (χ2n) is 9.42. The first-order chi connectivity index (χ1) is 18.3. The zero-order valence-electron chi connectivity index (χ0n) is 21.0. The van der Waals surface area contributed by atoms with Crippen molar-refractivity contribution in [2.45, 2.75) is 23.4 Å². The smallest absolute Gasteiger partial charge is 0.404 e. The molecule has 39 heavy (non-hydrogen) atoms. The highest BCUT2D eigenvalue weighted by molar-refractivity contribution is 7.93. The van der Waals surface area contributed by atoms with E-state index in [1.807, 2.05) is 7.05 Å². The summed E-state index contributed by atoms with van der Waals surface area (Å²) in [5.74, 6) is -1.27. The van der Waals surface area contributed by atoms with E-state index >= 15 is 0 Å². The van der Waals surface area contributed by atoms with Gasteiger partial charge in [0.15, 0.2) is 15.6 Å². The van der Waals surface area contributed by atoms with Crippen LogP contribution in [0.4, 0.5) is 30.5 Å². The summed E-state index contributed by atoms with van der Waals surface area (Å²) >= 11 is 0.793. The van der Waals surface area contributed by atoms with E-state index in [9.17, 15) is 26.4 Å². The minimum Gasteiger partial charge on any atom is -0.404 e. The highest BCUT2D eigenvalue weighted by atomic mass is 32.2. The largest absolute Gasteiger partial charge is 0.573 e. The Hall–Kier alpha value is -3.43. The first-order valence-electron chi connectivity index (χ1n) is 11.9. The number of nitrogens with zero attached hydrogens (tertiary/aromatic N) is 4. The molecule has 3 N–H and O–H groups in total. The van der Waals surface area contributed by atoms with Gasteiger partial charge < -0.3 is 25.6 Å². The number of hydrogen-bond acceptors (Lipinski definition) is 10. The Balaban J connectivity index is 1.56. The van der Waals surface area contributed by atoms with Crippen LogP contribution in [0.15, 0.2) is 28.6 Å². The first-order valence-corrected chi connectivity index (χ1v) is 14.6. The van der Waals surface area contributed by atoms with Crippen LogP contribution in [0, 0.1) is 0 Å². The molecule has 1 fully saturated rings. The number of sulfone groups is 1. The molecule has 0 bridgehead atoms. The van der Waals surface area contributed by atoms with Crippen LogP contribution in [-0.2, 0) is 22.7 Å². The topological polar surface area (TPSA) is 131 Å². The van der Waals surface area contributed by atoms with E-state index in [4.69, 9.17) is 5.73 Å². The Morgan fingerprint density at radius 3 is 2.54 bits per heavy atom. The monoisotopic (exact) mass is 582 g/mol. The Kier molecular flexibility index (Phi) is 6.93. The third-order valence-electron chi connectivity index (χ3n) is 6.58. The summed E-state index contributed by atoms with van der Waals surface area (Å²) in [6.07, 6.45) is -1.59. The molecule has 10 nitrogen and oxygen atoms in total. The van der Waals surface area contributed by atoms with E-state index in [0.29, 0.717) is 42.7 Å². The van der Waals surface area contributed by atoms with Crippen molar-refractivity contribution in [2.24, 2.45) is 5.73 Å². The third kappa shape index (κ3) is 5.65. The number of aromatic nitrogens is 2. The number of carbonyl (C=O) groups is 1. The molecule has 3 aromatic rings. The minimum atomic E-state index is -4.93. The molecular weight excluding hydrogens is 557 g/mol. The van der Waals surface area contributed by atoms with Gasteiger partial charge in [-0.3, -0.25) is 4.79 Å². The Bertz CT molecular complexity index is 1550. The fourth-order valence-corrected chi connectivity index (χ4v) is 7.10. The number of halogens is 3. The number of aryl methyl sites for hydroxylation is 1. The molecule has 1 aliphatic heterocycles. The Labute approximate surface area is 226 Å². The molecule has 0 saturated carbocycles. The number of thiophene rings is 1. The van der Waals surface area contributed by atoms with Crippen LogP contribution < -0.4 is 20.7 Å². The van der Waals surface area contributed by atoms with Crippen LogP contribution in [-0.4, -0.2) is 75.0 Å². The number of benzene rings is 1. The molecule has 0 spiro atoms. The quantitative estimate of drug-likeness (QED) is 0.450. The number of carbonyl (C=O) groups excluding carboxylic acids is 1. The number of primary amides is 1. The summed E-state index contributed by atoms with van der Waals surface area (Å²) in [5, 5.41) is 2.83. The molecule has 1 saturated heterocycles. The first kappa shape index (κ1) is 27.1. The number of amides is 1. The van der Waals surface area contributed by atoms with Crippen LogP contribution in [0.5, 0.6) is 5.75 Å². The van der Waals surface area contributed by atoms with Gasteiger partial charge in [0.25, 0.3) is 5.91 Å². The average Bonchev–Trinajstić information content (AvgIpc) is 3.26. The number of rotatable bonds is 6. The van der Waals surface area contributed by atoms with Gasteiger partial charge in [-0.05, 0) is 49.2 Å². The normalized spacial score (nSPS) is 16.0. The predicted molar refractivity (Wildman–Crippen MR) is 140 cm³/mol. The number of nitrogens with one attached hydrogen (secondary N) is 1. The second kappa shape index (κ2) is 9.95. The summed E-state index contributed by atoms with van der Waals surface area (Å²) in [6, 6.07) is 4.34. The summed E-state index contributed by atoms with van der Waals surface area (Å²) in [4.78, 5) is 25.2. The Morgan fingerprint density at radius 2 is 1.90 bits per heavy atom. The zero-order valence-corrected chi connectivity index (χ0v) is 22.6. The number of anilines is 3. The summed E-state index contributed by atoms with van der Waals surface area (Å²) in [6.45, 7) is 3.00.